The summed E-state index contributed by atoms with van der Waals surface area (Å²) in [7, 11) is 0. The van der Waals surface area contributed by atoms with Crippen LogP contribution in [0.3, 0.4) is 0 Å². The molecule has 0 fully saturated rings. The summed E-state index contributed by atoms with van der Waals surface area (Å²) < 4.78 is 10.7. The van der Waals surface area contributed by atoms with E-state index in [4.69, 9.17) is 14.5 Å². The summed E-state index contributed by atoms with van der Waals surface area (Å²) in [5.74, 6) is 1.67. The van der Waals surface area contributed by atoms with Gasteiger partial charge in [0, 0.05) is 12.5 Å². The topological polar surface area (TPSA) is 59.0 Å². The minimum absolute atomic E-state index is 0.617. The first-order chi connectivity index (χ1) is 8.78. The molecule has 0 aliphatic heterocycles. The predicted molar refractivity (Wildman–Crippen MR) is 66.2 cm³/mol. The summed E-state index contributed by atoms with van der Waals surface area (Å²) in [6.07, 6.45) is 1.69. The number of ether oxygens (including phenoxy) is 1. The van der Waals surface area contributed by atoms with E-state index in [1.165, 1.54) is 0 Å². The lowest BCUT2D eigenvalue weighted by molar-refractivity contribution is 0.300. The first-order valence-electron chi connectivity index (χ1n) is 5.83. The van der Waals surface area contributed by atoms with Gasteiger partial charge in [-0.15, -0.1) is 0 Å². The number of rotatable bonds is 5. The summed E-state index contributed by atoms with van der Waals surface area (Å²) >= 11 is 0. The van der Waals surface area contributed by atoms with Crippen LogP contribution < -0.4 is 4.74 Å². The SMILES string of the molecule is Cc1cc(CCCOc2ccc(C#N)cc2)on1. The third kappa shape index (κ3) is 3.36. The van der Waals surface area contributed by atoms with Crippen LogP contribution in [0.5, 0.6) is 5.75 Å². The van der Waals surface area contributed by atoms with Crippen molar-refractivity contribution >= 4 is 0 Å². The molecule has 0 aliphatic rings. The maximum Gasteiger partial charge on any atom is 0.137 e. The summed E-state index contributed by atoms with van der Waals surface area (Å²) in [5, 5.41) is 12.5. The number of nitrogens with zero attached hydrogens (tertiary/aromatic N) is 2. The Labute approximate surface area is 106 Å². The highest BCUT2D eigenvalue weighted by Gasteiger charge is 2.00. The predicted octanol–water partition coefficient (Wildman–Crippen LogP) is 2.87. The average molecular weight is 242 g/mol. The maximum atomic E-state index is 8.66. The van der Waals surface area contributed by atoms with Gasteiger partial charge in [-0.25, -0.2) is 0 Å². The van der Waals surface area contributed by atoms with Crippen molar-refractivity contribution in [3.63, 3.8) is 0 Å². The van der Waals surface area contributed by atoms with E-state index < -0.39 is 0 Å². The van der Waals surface area contributed by atoms with Crippen molar-refractivity contribution in [3.05, 3.63) is 47.3 Å². The molecule has 0 atom stereocenters. The van der Waals surface area contributed by atoms with Crippen molar-refractivity contribution in [2.24, 2.45) is 0 Å². The third-order valence-electron chi connectivity index (χ3n) is 2.50. The fourth-order valence-corrected chi connectivity index (χ4v) is 1.60. The second kappa shape index (κ2) is 5.87. The Hall–Kier alpha value is -2.28. The Morgan fingerprint density at radius 2 is 2.11 bits per heavy atom. The van der Waals surface area contributed by atoms with E-state index in [9.17, 15) is 0 Å². The molecule has 0 saturated carbocycles. The lowest BCUT2D eigenvalue weighted by Gasteiger charge is -2.04. The van der Waals surface area contributed by atoms with Crippen molar-refractivity contribution in [1.82, 2.24) is 5.16 Å². The Bertz CT molecular complexity index is 538. The molecular weight excluding hydrogens is 228 g/mol. The fraction of sp³-hybridized carbons (Fsp3) is 0.286. The largest absolute Gasteiger partial charge is 0.494 e. The lowest BCUT2D eigenvalue weighted by Crippen LogP contribution is -1.98. The smallest absolute Gasteiger partial charge is 0.137 e. The highest BCUT2D eigenvalue weighted by Crippen LogP contribution is 2.12. The van der Waals surface area contributed by atoms with Crippen molar-refractivity contribution < 1.29 is 9.26 Å². The number of aromatic nitrogens is 1. The zero-order chi connectivity index (χ0) is 12.8. The van der Waals surface area contributed by atoms with Crippen molar-refractivity contribution in [3.8, 4) is 11.8 Å². The molecule has 0 bridgehead atoms. The van der Waals surface area contributed by atoms with Crippen LogP contribution in [0, 0.1) is 18.3 Å². The van der Waals surface area contributed by atoms with Crippen molar-refractivity contribution in [2.45, 2.75) is 19.8 Å². The molecule has 4 heteroatoms. The molecule has 0 unspecified atom stereocenters. The van der Waals surface area contributed by atoms with Crippen LogP contribution in [0.4, 0.5) is 0 Å². The normalized spacial score (nSPS) is 10.0. The molecular formula is C14H14N2O2. The van der Waals surface area contributed by atoms with Gasteiger partial charge in [0.2, 0.25) is 0 Å². The summed E-state index contributed by atoms with van der Waals surface area (Å²) in [6.45, 7) is 2.52. The lowest BCUT2D eigenvalue weighted by atomic mass is 10.2. The van der Waals surface area contributed by atoms with E-state index in [0.29, 0.717) is 12.2 Å². The van der Waals surface area contributed by atoms with Crippen LogP contribution in [0.2, 0.25) is 0 Å². The third-order valence-corrected chi connectivity index (χ3v) is 2.50. The molecule has 1 aromatic heterocycles. The van der Waals surface area contributed by atoms with Gasteiger partial charge in [0.25, 0.3) is 0 Å². The molecule has 0 radical (unpaired) electrons. The maximum absolute atomic E-state index is 8.66. The zero-order valence-corrected chi connectivity index (χ0v) is 10.2. The number of aryl methyl sites for hydroxylation is 2. The standard InChI is InChI=1S/C14H14N2O2/c1-11-9-14(18-16-11)3-2-8-17-13-6-4-12(10-15)5-7-13/h4-7,9H,2-3,8H2,1H3. The Morgan fingerprint density at radius 3 is 2.72 bits per heavy atom. The van der Waals surface area contributed by atoms with E-state index in [1.54, 1.807) is 24.3 Å². The molecule has 4 nitrogen and oxygen atoms in total. The molecule has 0 saturated heterocycles. The van der Waals surface area contributed by atoms with Crippen LogP contribution in [0.1, 0.15) is 23.4 Å². The van der Waals surface area contributed by atoms with Gasteiger partial charge in [-0.1, -0.05) is 5.16 Å². The van der Waals surface area contributed by atoms with Crippen LogP contribution in [0.25, 0.3) is 0 Å². The summed E-state index contributed by atoms with van der Waals surface area (Å²) in [5.41, 5.74) is 1.54. The summed E-state index contributed by atoms with van der Waals surface area (Å²) in [4.78, 5) is 0. The quantitative estimate of drug-likeness (QED) is 0.756. The Morgan fingerprint density at radius 1 is 1.33 bits per heavy atom. The van der Waals surface area contributed by atoms with E-state index in [0.717, 1.165) is 30.0 Å². The first-order valence-corrected chi connectivity index (χ1v) is 5.83. The summed E-state index contributed by atoms with van der Waals surface area (Å²) in [6, 6.07) is 11.1. The molecule has 0 aliphatic carbocycles. The Balaban J connectivity index is 1.73. The van der Waals surface area contributed by atoms with Crippen LogP contribution in [-0.2, 0) is 6.42 Å². The average Bonchev–Trinajstić information content (AvgIpc) is 2.81. The van der Waals surface area contributed by atoms with Gasteiger partial charge in [-0.3, -0.25) is 0 Å². The molecule has 0 spiro atoms. The van der Waals surface area contributed by atoms with Crippen LogP contribution >= 0.6 is 0 Å². The number of hydrogen-bond acceptors (Lipinski definition) is 4. The van der Waals surface area contributed by atoms with Crippen LogP contribution in [-0.4, -0.2) is 11.8 Å². The van der Waals surface area contributed by atoms with Gasteiger partial charge in [-0.05, 0) is 37.6 Å². The Kier molecular flexibility index (Phi) is 3.98. The number of nitriles is 1. The second-order valence-corrected chi connectivity index (χ2v) is 4.02. The molecule has 18 heavy (non-hydrogen) atoms. The van der Waals surface area contributed by atoms with Crippen LogP contribution in [0.15, 0.2) is 34.9 Å². The van der Waals surface area contributed by atoms with E-state index in [-0.39, 0.29) is 0 Å². The van der Waals surface area contributed by atoms with Gasteiger partial charge >= 0.3 is 0 Å². The minimum atomic E-state index is 0.617. The van der Waals surface area contributed by atoms with Gasteiger partial charge in [0.15, 0.2) is 0 Å². The number of benzene rings is 1. The van der Waals surface area contributed by atoms with E-state index in [1.807, 2.05) is 13.0 Å². The molecule has 2 rings (SSSR count). The minimum Gasteiger partial charge on any atom is -0.494 e. The van der Waals surface area contributed by atoms with Crippen molar-refractivity contribution in [2.75, 3.05) is 6.61 Å². The molecule has 1 heterocycles. The molecule has 2 aromatic rings. The monoisotopic (exact) mass is 242 g/mol. The van der Waals surface area contributed by atoms with E-state index in [2.05, 4.69) is 11.2 Å². The van der Waals surface area contributed by atoms with E-state index >= 15 is 0 Å². The fourth-order valence-electron chi connectivity index (χ4n) is 1.60. The highest BCUT2D eigenvalue weighted by molar-refractivity contribution is 5.34. The molecule has 1 aromatic carbocycles. The zero-order valence-electron chi connectivity index (χ0n) is 10.2. The van der Waals surface area contributed by atoms with Gasteiger partial charge < -0.3 is 9.26 Å². The molecule has 0 amide bonds. The van der Waals surface area contributed by atoms with Gasteiger partial charge in [0.1, 0.15) is 11.5 Å². The van der Waals surface area contributed by atoms with Gasteiger partial charge in [0.05, 0.1) is 23.9 Å². The van der Waals surface area contributed by atoms with Crippen molar-refractivity contribution in [1.29, 1.82) is 5.26 Å². The van der Waals surface area contributed by atoms with Gasteiger partial charge in [-0.2, -0.15) is 5.26 Å². The molecule has 92 valence electrons. The highest BCUT2D eigenvalue weighted by atomic mass is 16.5. The first kappa shape index (κ1) is 12.2. The second-order valence-electron chi connectivity index (χ2n) is 4.02. The molecule has 0 N–H and O–H groups in total. The number of hydrogen-bond donors (Lipinski definition) is 0.